The number of Topliss-reactive ketones (excluding diaryl/α,β-unsaturated/α-hetero) is 1. The fourth-order valence-electron chi connectivity index (χ4n) is 4.56. The van der Waals surface area contributed by atoms with Crippen LogP contribution in [0, 0.1) is 6.92 Å². The fraction of sp³-hybridized carbons (Fsp3) is 0.258. The number of rotatable bonds is 8. The van der Waals surface area contributed by atoms with Crippen LogP contribution in [0.2, 0.25) is 0 Å². The third-order valence-corrected chi connectivity index (χ3v) is 6.15. The second-order valence-electron chi connectivity index (χ2n) is 9.43. The molecule has 0 radical (unpaired) electrons. The molecule has 0 saturated carbocycles. The van der Waals surface area contributed by atoms with Crippen molar-refractivity contribution in [1.82, 2.24) is 0 Å². The largest absolute Gasteiger partial charge is 0.507 e. The number of ketones is 1. The molecule has 1 amide bonds. The molecule has 3 aromatic rings. The summed E-state index contributed by atoms with van der Waals surface area (Å²) in [6.07, 6.45) is -0.119. The number of nitrogens with zero attached hydrogens (tertiary/aromatic N) is 1. The SMILES string of the molecule is CCOc1cccc(/C(O)=C2/C(=O)C(=O)N(c3ccc(CC(=O)OC(C)C)cc3)C2c2cccc(C)c2)c1. The number of aliphatic hydroxyl groups excluding tert-OH is 1. The Labute approximate surface area is 222 Å². The van der Waals surface area contributed by atoms with Crippen molar-refractivity contribution >= 4 is 29.1 Å². The zero-order chi connectivity index (χ0) is 27.4. The summed E-state index contributed by atoms with van der Waals surface area (Å²) in [5.74, 6) is -1.59. The molecule has 7 nitrogen and oxygen atoms in total. The third-order valence-electron chi connectivity index (χ3n) is 6.15. The van der Waals surface area contributed by atoms with Crippen LogP contribution in [0.5, 0.6) is 5.75 Å². The minimum atomic E-state index is -0.845. The summed E-state index contributed by atoms with van der Waals surface area (Å²) < 4.78 is 10.8. The first-order valence-corrected chi connectivity index (χ1v) is 12.6. The molecule has 3 aromatic carbocycles. The van der Waals surface area contributed by atoms with Crippen molar-refractivity contribution in [2.24, 2.45) is 0 Å². The lowest BCUT2D eigenvalue weighted by atomic mass is 9.94. The van der Waals surface area contributed by atoms with E-state index in [0.29, 0.717) is 29.2 Å². The van der Waals surface area contributed by atoms with Gasteiger partial charge in [-0.25, -0.2) is 0 Å². The molecule has 0 aliphatic carbocycles. The van der Waals surface area contributed by atoms with E-state index in [9.17, 15) is 19.5 Å². The van der Waals surface area contributed by atoms with Crippen molar-refractivity contribution in [3.63, 3.8) is 0 Å². The maximum absolute atomic E-state index is 13.4. The summed E-state index contributed by atoms with van der Waals surface area (Å²) in [5.41, 5.74) is 3.21. The molecule has 1 fully saturated rings. The Morgan fingerprint density at radius 1 is 1.00 bits per heavy atom. The smallest absolute Gasteiger partial charge is 0.310 e. The van der Waals surface area contributed by atoms with E-state index in [0.717, 1.165) is 11.1 Å². The highest BCUT2D eigenvalue weighted by Gasteiger charge is 2.47. The number of benzene rings is 3. The van der Waals surface area contributed by atoms with Crippen molar-refractivity contribution in [3.8, 4) is 5.75 Å². The summed E-state index contributed by atoms with van der Waals surface area (Å²) in [5, 5.41) is 11.4. The molecule has 0 aromatic heterocycles. The molecule has 1 aliphatic rings. The average Bonchev–Trinajstić information content (AvgIpc) is 3.14. The van der Waals surface area contributed by atoms with Gasteiger partial charge in [-0.1, -0.05) is 54.1 Å². The molecule has 7 heteroatoms. The molecule has 1 saturated heterocycles. The molecule has 1 aliphatic heterocycles. The second kappa shape index (κ2) is 11.3. The molecular formula is C31H31NO6. The van der Waals surface area contributed by atoms with E-state index in [-0.39, 0.29) is 29.8 Å². The molecule has 1 heterocycles. The van der Waals surface area contributed by atoms with Crippen molar-refractivity contribution in [2.75, 3.05) is 11.5 Å². The molecule has 196 valence electrons. The number of esters is 1. The number of anilines is 1. The van der Waals surface area contributed by atoms with Gasteiger partial charge in [0, 0.05) is 11.3 Å². The number of carbonyl (C=O) groups is 3. The van der Waals surface area contributed by atoms with E-state index in [1.807, 2.05) is 38.1 Å². The van der Waals surface area contributed by atoms with Gasteiger partial charge in [-0.3, -0.25) is 19.3 Å². The van der Waals surface area contributed by atoms with Crippen molar-refractivity contribution in [1.29, 1.82) is 0 Å². The Morgan fingerprint density at radius 3 is 2.37 bits per heavy atom. The van der Waals surface area contributed by atoms with E-state index in [4.69, 9.17) is 9.47 Å². The Balaban J connectivity index is 1.79. The van der Waals surface area contributed by atoms with Crippen molar-refractivity contribution in [2.45, 2.75) is 46.3 Å². The maximum Gasteiger partial charge on any atom is 0.310 e. The lowest BCUT2D eigenvalue weighted by Crippen LogP contribution is -2.29. The second-order valence-corrected chi connectivity index (χ2v) is 9.43. The number of aliphatic hydroxyl groups is 1. The lowest BCUT2D eigenvalue weighted by molar-refractivity contribution is -0.146. The minimum Gasteiger partial charge on any atom is -0.507 e. The maximum atomic E-state index is 13.4. The summed E-state index contributed by atoms with van der Waals surface area (Å²) >= 11 is 0. The van der Waals surface area contributed by atoms with Crippen molar-refractivity contribution in [3.05, 3.63) is 101 Å². The predicted octanol–water partition coefficient (Wildman–Crippen LogP) is 5.51. The Hall–Kier alpha value is -4.39. The van der Waals surface area contributed by atoms with Gasteiger partial charge in [0.25, 0.3) is 11.7 Å². The summed E-state index contributed by atoms with van der Waals surface area (Å²) in [7, 11) is 0. The monoisotopic (exact) mass is 513 g/mol. The number of amides is 1. The predicted molar refractivity (Wildman–Crippen MR) is 145 cm³/mol. The highest BCUT2D eigenvalue weighted by atomic mass is 16.5. The van der Waals surface area contributed by atoms with Gasteiger partial charge in [0.1, 0.15) is 11.5 Å². The molecular weight excluding hydrogens is 482 g/mol. The number of ether oxygens (including phenoxy) is 2. The number of aryl methyl sites for hydroxylation is 1. The van der Waals surface area contributed by atoms with Gasteiger partial charge in [0.05, 0.1) is 30.7 Å². The van der Waals surface area contributed by atoms with E-state index < -0.39 is 17.7 Å². The topological polar surface area (TPSA) is 93.1 Å². The Bertz CT molecular complexity index is 1390. The zero-order valence-electron chi connectivity index (χ0n) is 21.9. The van der Waals surface area contributed by atoms with E-state index in [2.05, 4.69) is 0 Å². The first kappa shape index (κ1) is 26.7. The standard InChI is InChI=1S/C31H31NO6/c1-5-37-25-11-7-10-23(18-25)29(34)27-28(22-9-6-8-20(4)16-22)32(31(36)30(27)35)24-14-12-21(13-15-24)17-26(33)38-19(2)3/h6-16,18-19,28,34H,5,17H2,1-4H3/b29-27-. The van der Waals surface area contributed by atoms with E-state index in [1.54, 1.807) is 62.4 Å². The quantitative estimate of drug-likeness (QED) is 0.185. The zero-order valence-corrected chi connectivity index (χ0v) is 21.9. The average molecular weight is 514 g/mol. The van der Waals surface area contributed by atoms with Crippen LogP contribution in [0.4, 0.5) is 5.69 Å². The van der Waals surface area contributed by atoms with Gasteiger partial charge < -0.3 is 14.6 Å². The molecule has 1 N–H and O–H groups in total. The minimum absolute atomic E-state index is 0.00108. The van der Waals surface area contributed by atoms with Gasteiger partial charge in [-0.15, -0.1) is 0 Å². The Morgan fingerprint density at radius 2 is 1.71 bits per heavy atom. The van der Waals surface area contributed by atoms with Crippen LogP contribution in [0.15, 0.2) is 78.4 Å². The third kappa shape index (κ3) is 5.62. The molecule has 0 spiro atoms. The highest BCUT2D eigenvalue weighted by molar-refractivity contribution is 6.51. The lowest BCUT2D eigenvalue weighted by Gasteiger charge is -2.26. The number of hydrogen-bond donors (Lipinski definition) is 1. The first-order chi connectivity index (χ1) is 18.2. The van der Waals surface area contributed by atoms with Crippen LogP contribution in [-0.2, 0) is 25.5 Å². The van der Waals surface area contributed by atoms with Crippen molar-refractivity contribution < 1.29 is 29.0 Å². The van der Waals surface area contributed by atoms with Crippen LogP contribution in [0.3, 0.4) is 0 Å². The number of hydrogen-bond acceptors (Lipinski definition) is 6. The summed E-state index contributed by atoms with van der Waals surface area (Å²) in [6, 6.07) is 20.3. The van der Waals surface area contributed by atoms with Gasteiger partial charge in [0.15, 0.2) is 0 Å². The molecule has 1 unspecified atom stereocenters. The van der Waals surface area contributed by atoms with Gasteiger partial charge in [-0.2, -0.15) is 0 Å². The van der Waals surface area contributed by atoms with Gasteiger partial charge >= 0.3 is 5.97 Å². The highest BCUT2D eigenvalue weighted by Crippen LogP contribution is 2.42. The molecule has 4 rings (SSSR count). The van der Waals surface area contributed by atoms with Gasteiger partial charge in [0.2, 0.25) is 0 Å². The van der Waals surface area contributed by atoms with Crippen LogP contribution >= 0.6 is 0 Å². The number of carbonyl (C=O) groups excluding carboxylic acids is 3. The van der Waals surface area contributed by atoms with Crippen LogP contribution in [0.1, 0.15) is 49.1 Å². The molecule has 1 atom stereocenters. The molecule has 0 bridgehead atoms. The van der Waals surface area contributed by atoms with Crippen LogP contribution in [-0.4, -0.2) is 35.5 Å². The van der Waals surface area contributed by atoms with Gasteiger partial charge in [-0.05, 0) is 63.1 Å². The van der Waals surface area contributed by atoms with Crippen LogP contribution < -0.4 is 9.64 Å². The first-order valence-electron chi connectivity index (χ1n) is 12.6. The van der Waals surface area contributed by atoms with E-state index in [1.165, 1.54) is 4.90 Å². The Kier molecular flexibility index (Phi) is 7.96. The fourth-order valence-corrected chi connectivity index (χ4v) is 4.56. The summed E-state index contributed by atoms with van der Waals surface area (Å²) in [4.78, 5) is 40.3. The normalized spacial score (nSPS) is 16.7. The van der Waals surface area contributed by atoms with E-state index >= 15 is 0 Å². The van der Waals surface area contributed by atoms with Crippen LogP contribution in [0.25, 0.3) is 5.76 Å². The summed E-state index contributed by atoms with van der Waals surface area (Å²) in [6.45, 7) is 7.80. The molecule has 38 heavy (non-hydrogen) atoms.